The summed E-state index contributed by atoms with van der Waals surface area (Å²) in [5, 5.41) is 0. The first-order valence-electron chi connectivity index (χ1n) is 9.73. The Kier molecular flexibility index (Phi) is 7.33. The van der Waals surface area contributed by atoms with Crippen molar-refractivity contribution >= 4 is 0 Å². The zero-order valence-electron chi connectivity index (χ0n) is 15.6. The van der Waals surface area contributed by atoms with Crippen molar-refractivity contribution in [2.75, 3.05) is 0 Å². The summed E-state index contributed by atoms with van der Waals surface area (Å²) in [5.74, 6) is 0. The molecule has 0 saturated heterocycles. The van der Waals surface area contributed by atoms with Crippen molar-refractivity contribution in [3.05, 3.63) is 47.6 Å². The minimum absolute atomic E-state index is 0.477. The Balaban J connectivity index is 2.33. The van der Waals surface area contributed by atoms with Gasteiger partial charge in [0, 0.05) is 0 Å². The molecule has 0 spiro atoms. The van der Waals surface area contributed by atoms with Crippen molar-refractivity contribution in [1.82, 2.24) is 0 Å². The van der Waals surface area contributed by atoms with Gasteiger partial charge in [-0.1, -0.05) is 0 Å². The Morgan fingerprint density at radius 3 is 1.48 bits per heavy atom. The zero-order chi connectivity index (χ0) is 16.8. The molecule has 0 saturated carbocycles. The van der Waals surface area contributed by atoms with Crippen LogP contribution in [0.1, 0.15) is 79.1 Å². The SMILES string of the molecule is CCCC1=CC=C[C]1(CCC)[Zr][C]1(CCC)C=CC=C1CCC. The Morgan fingerprint density at radius 2 is 1.13 bits per heavy atom. The van der Waals surface area contributed by atoms with Crippen LogP contribution in [0.4, 0.5) is 0 Å². The van der Waals surface area contributed by atoms with Crippen LogP contribution in [0.15, 0.2) is 47.6 Å². The molecule has 2 unspecified atom stereocenters. The zero-order valence-corrected chi connectivity index (χ0v) is 18.1. The average molecular weight is 390 g/mol. The molecule has 0 N–H and O–H groups in total. The molecule has 2 aliphatic rings. The minimum atomic E-state index is -0.676. The molecular formula is C22H34Zr. The van der Waals surface area contributed by atoms with E-state index in [0.717, 1.165) is 0 Å². The molecule has 0 heterocycles. The molecule has 0 nitrogen and oxygen atoms in total. The molecule has 0 bridgehead atoms. The van der Waals surface area contributed by atoms with E-state index in [2.05, 4.69) is 64.2 Å². The Labute approximate surface area is 155 Å². The molecule has 0 aromatic rings. The van der Waals surface area contributed by atoms with Gasteiger partial charge in [-0.15, -0.1) is 0 Å². The van der Waals surface area contributed by atoms with Gasteiger partial charge in [0.25, 0.3) is 0 Å². The second kappa shape index (κ2) is 8.80. The van der Waals surface area contributed by atoms with Gasteiger partial charge in [-0.3, -0.25) is 0 Å². The Bertz CT molecular complexity index is 462. The van der Waals surface area contributed by atoms with E-state index in [9.17, 15) is 0 Å². The van der Waals surface area contributed by atoms with E-state index in [-0.39, 0.29) is 0 Å². The number of hydrogen-bond acceptors (Lipinski definition) is 0. The van der Waals surface area contributed by atoms with E-state index in [1.165, 1.54) is 51.4 Å². The maximum absolute atomic E-state index is 2.61. The summed E-state index contributed by atoms with van der Waals surface area (Å²) >= 11 is -0.676. The quantitative estimate of drug-likeness (QED) is 0.361. The fourth-order valence-corrected chi connectivity index (χ4v) is 10.9. The van der Waals surface area contributed by atoms with Crippen molar-refractivity contribution in [1.29, 1.82) is 0 Å². The third-order valence-electron chi connectivity index (χ3n) is 5.28. The fraction of sp³-hybridized carbons (Fsp3) is 0.636. The summed E-state index contributed by atoms with van der Waals surface area (Å²) in [6, 6.07) is 0. The molecule has 0 aromatic heterocycles. The third kappa shape index (κ3) is 4.09. The van der Waals surface area contributed by atoms with Gasteiger partial charge in [-0.25, -0.2) is 0 Å². The molecule has 2 aliphatic carbocycles. The van der Waals surface area contributed by atoms with Gasteiger partial charge in [0.1, 0.15) is 0 Å². The topological polar surface area (TPSA) is 0 Å². The first-order chi connectivity index (χ1) is 11.2. The summed E-state index contributed by atoms with van der Waals surface area (Å²) in [4.78, 5) is 0. The fourth-order valence-electron chi connectivity index (χ4n) is 4.36. The van der Waals surface area contributed by atoms with Crippen molar-refractivity contribution in [2.45, 2.75) is 85.3 Å². The molecule has 0 aromatic carbocycles. The van der Waals surface area contributed by atoms with Crippen LogP contribution in [-0.2, 0) is 23.2 Å². The molecular weight excluding hydrogens is 355 g/mol. The van der Waals surface area contributed by atoms with Crippen LogP contribution in [0.25, 0.3) is 0 Å². The molecule has 2 rings (SSSR count). The number of rotatable bonds is 10. The first kappa shape index (κ1) is 19.2. The molecule has 2 atom stereocenters. The molecule has 23 heavy (non-hydrogen) atoms. The normalized spacial score (nSPS) is 29.0. The predicted octanol–water partition coefficient (Wildman–Crippen LogP) is 7.58. The van der Waals surface area contributed by atoms with Crippen LogP contribution < -0.4 is 0 Å². The Hall–Kier alpha value is -0.157. The van der Waals surface area contributed by atoms with Crippen LogP contribution in [0.3, 0.4) is 0 Å². The van der Waals surface area contributed by atoms with Gasteiger partial charge in [-0.2, -0.15) is 0 Å². The van der Waals surface area contributed by atoms with Gasteiger partial charge in [0.2, 0.25) is 0 Å². The molecule has 0 radical (unpaired) electrons. The summed E-state index contributed by atoms with van der Waals surface area (Å²) in [7, 11) is 0. The van der Waals surface area contributed by atoms with E-state index in [0.29, 0.717) is 6.25 Å². The number of hydrogen-bond donors (Lipinski definition) is 0. The van der Waals surface area contributed by atoms with Gasteiger partial charge in [-0.05, 0) is 0 Å². The van der Waals surface area contributed by atoms with E-state index in [4.69, 9.17) is 0 Å². The maximum atomic E-state index is 2.61. The van der Waals surface area contributed by atoms with Crippen LogP contribution in [0, 0.1) is 0 Å². The summed E-state index contributed by atoms with van der Waals surface area (Å²) in [5.41, 5.74) is 3.53. The van der Waals surface area contributed by atoms with Crippen molar-refractivity contribution in [3.8, 4) is 0 Å². The second-order valence-electron chi connectivity index (χ2n) is 7.17. The van der Waals surface area contributed by atoms with Gasteiger partial charge in [0.15, 0.2) is 0 Å². The average Bonchev–Trinajstić information content (AvgIpc) is 3.07. The van der Waals surface area contributed by atoms with Gasteiger partial charge >= 0.3 is 156 Å². The van der Waals surface area contributed by atoms with Crippen LogP contribution >= 0.6 is 0 Å². The van der Waals surface area contributed by atoms with Crippen molar-refractivity contribution < 1.29 is 23.2 Å². The van der Waals surface area contributed by atoms with Crippen LogP contribution in [0.2, 0.25) is 6.25 Å². The third-order valence-corrected chi connectivity index (χ3v) is 11.1. The van der Waals surface area contributed by atoms with E-state index >= 15 is 0 Å². The van der Waals surface area contributed by atoms with Crippen LogP contribution in [0.5, 0.6) is 0 Å². The molecule has 126 valence electrons. The monoisotopic (exact) mass is 388 g/mol. The van der Waals surface area contributed by atoms with Crippen LogP contribution in [-0.4, -0.2) is 0 Å². The summed E-state index contributed by atoms with van der Waals surface area (Å²) in [6.45, 7) is 9.41. The van der Waals surface area contributed by atoms with E-state index in [1.807, 2.05) is 0 Å². The molecule has 0 aliphatic heterocycles. The van der Waals surface area contributed by atoms with Gasteiger partial charge in [0.05, 0.1) is 0 Å². The molecule has 0 amide bonds. The standard InChI is InChI=1S/2C11H17.Zr/c2*1-3-6-10-8-5-9-11(10)7-4-2;/h2*5,8-9H,3-4,6-7H2,1-2H3;. The summed E-state index contributed by atoms with van der Waals surface area (Å²) < 4.78 is 0.954. The molecule has 0 fully saturated rings. The van der Waals surface area contributed by atoms with Gasteiger partial charge < -0.3 is 0 Å². The van der Waals surface area contributed by atoms with Crippen molar-refractivity contribution in [2.24, 2.45) is 0 Å². The predicted molar refractivity (Wildman–Crippen MR) is 99.5 cm³/mol. The first-order valence-corrected chi connectivity index (χ1v) is 12.2. The van der Waals surface area contributed by atoms with E-state index in [1.54, 1.807) is 11.1 Å². The number of allylic oxidation sites excluding steroid dienone is 8. The van der Waals surface area contributed by atoms with Crippen molar-refractivity contribution in [3.63, 3.8) is 0 Å². The Morgan fingerprint density at radius 1 is 0.696 bits per heavy atom. The van der Waals surface area contributed by atoms with E-state index < -0.39 is 23.2 Å². The molecule has 1 heteroatoms. The second-order valence-corrected chi connectivity index (χ2v) is 12.2. The summed E-state index contributed by atoms with van der Waals surface area (Å²) in [6.07, 6.45) is 25.4.